The van der Waals surface area contributed by atoms with Crippen LogP contribution in [0.4, 0.5) is 4.79 Å². The second-order valence-electron chi connectivity index (χ2n) is 4.45. The van der Waals surface area contributed by atoms with Gasteiger partial charge in [0.25, 0.3) is 0 Å². The number of aldehydes is 1. The summed E-state index contributed by atoms with van der Waals surface area (Å²) in [6.07, 6.45) is 1.23. The van der Waals surface area contributed by atoms with Crippen LogP contribution in [-0.4, -0.2) is 59.0 Å². The molecule has 1 heterocycles. The van der Waals surface area contributed by atoms with Crippen molar-refractivity contribution in [3.8, 4) is 11.5 Å². The van der Waals surface area contributed by atoms with Crippen LogP contribution in [0, 0.1) is 0 Å². The van der Waals surface area contributed by atoms with Crippen LogP contribution in [0.2, 0.25) is 0 Å². The predicted octanol–water partition coefficient (Wildman–Crippen LogP) is 1.62. The number of carbonyl (C=O) groups is 2. The van der Waals surface area contributed by atoms with Crippen molar-refractivity contribution in [2.24, 2.45) is 0 Å². The van der Waals surface area contributed by atoms with Gasteiger partial charge in [0.15, 0.2) is 6.29 Å². The Balaban J connectivity index is 2.06. The first-order valence-electron chi connectivity index (χ1n) is 6.23. The highest BCUT2D eigenvalue weighted by atomic mass is 31.1. The molecule has 0 aromatic heterocycles. The Morgan fingerprint density at radius 2 is 2.35 bits per heavy atom. The average molecular weight is 297 g/mol. The minimum Gasteiger partial charge on any atom is -0.507 e. The lowest BCUT2D eigenvalue weighted by Crippen LogP contribution is -2.48. The van der Waals surface area contributed by atoms with E-state index in [9.17, 15) is 14.7 Å². The van der Waals surface area contributed by atoms with Gasteiger partial charge >= 0.3 is 6.09 Å². The average Bonchev–Trinajstić information content (AvgIpc) is 2.45. The van der Waals surface area contributed by atoms with E-state index in [1.165, 1.54) is 11.0 Å². The molecule has 108 valence electrons. The van der Waals surface area contributed by atoms with Gasteiger partial charge in [-0.1, -0.05) is 6.07 Å². The van der Waals surface area contributed by atoms with Crippen molar-refractivity contribution in [3.63, 3.8) is 0 Å². The van der Waals surface area contributed by atoms with E-state index in [1.54, 1.807) is 12.1 Å². The van der Waals surface area contributed by atoms with E-state index in [0.29, 0.717) is 12.8 Å². The predicted molar refractivity (Wildman–Crippen MR) is 75.6 cm³/mol. The molecular weight excluding hydrogens is 281 g/mol. The molecule has 0 spiro atoms. The summed E-state index contributed by atoms with van der Waals surface area (Å²) in [6, 6.07) is 4.36. The van der Waals surface area contributed by atoms with Gasteiger partial charge < -0.3 is 19.8 Å². The van der Waals surface area contributed by atoms with Crippen molar-refractivity contribution in [2.45, 2.75) is 6.04 Å². The van der Waals surface area contributed by atoms with E-state index in [1.807, 2.05) is 0 Å². The van der Waals surface area contributed by atoms with Crippen molar-refractivity contribution in [3.05, 3.63) is 23.8 Å². The normalized spacial score (nSPS) is 19.8. The van der Waals surface area contributed by atoms with Crippen molar-refractivity contribution < 1.29 is 24.5 Å². The molecule has 1 aliphatic heterocycles. The number of rotatable bonds is 4. The maximum Gasteiger partial charge on any atom is 0.407 e. The topological polar surface area (TPSA) is 87.1 Å². The minimum atomic E-state index is -0.949. The summed E-state index contributed by atoms with van der Waals surface area (Å²) in [5.74, 6) is 0.136. The lowest BCUT2D eigenvalue weighted by molar-refractivity contribution is 0.107. The Hall–Kier alpha value is -1.81. The molecule has 20 heavy (non-hydrogen) atoms. The summed E-state index contributed by atoms with van der Waals surface area (Å²) in [7, 11) is 0.719. The molecule has 1 aromatic carbocycles. The molecule has 0 bridgehead atoms. The summed E-state index contributed by atoms with van der Waals surface area (Å²) in [5, 5.41) is 18.7. The minimum absolute atomic E-state index is 0.0904. The Morgan fingerprint density at radius 3 is 3.05 bits per heavy atom. The Kier molecular flexibility index (Phi) is 4.79. The third kappa shape index (κ3) is 3.20. The molecular formula is C13H16NO5P. The first-order valence-corrected chi connectivity index (χ1v) is 7.65. The highest BCUT2D eigenvalue weighted by Gasteiger charge is 2.27. The van der Waals surface area contributed by atoms with Gasteiger partial charge in [-0.05, 0) is 24.5 Å². The molecule has 1 aromatic rings. The Labute approximate surface area is 118 Å². The SMILES string of the molecule is O=Cc1c(O)cccc1OCC1CPCCN1C(=O)O. The zero-order chi connectivity index (χ0) is 14.5. The fraction of sp³-hybridized carbons (Fsp3) is 0.385. The molecule has 1 fully saturated rings. The number of phenols is 1. The van der Waals surface area contributed by atoms with Crippen LogP contribution >= 0.6 is 8.58 Å². The first kappa shape index (κ1) is 14.6. The maximum absolute atomic E-state index is 11.1. The molecule has 2 rings (SSSR count). The van der Waals surface area contributed by atoms with Crippen molar-refractivity contribution in [1.82, 2.24) is 4.90 Å². The molecule has 1 amide bonds. The monoisotopic (exact) mass is 297 g/mol. The number of carboxylic acid groups (broad SMARTS) is 1. The number of ether oxygens (including phenoxy) is 1. The Morgan fingerprint density at radius 1 is 1.55 bits per heavy atom. The van der Waals surface area contributed by atoms with Gasteiger partial charge in [-0.25, -0.2) is 4.79 Å². The number of carbonyl (C=O) groups excluding carboxylic acids is 1. The van der Waals surface area contributed by atoms with Crippen LogP contribution in [-0.2, 0) is 0 Å². The summed E-state index contributed by atoms with van der Waals surface area (Å²) in [6.45, 7) is 0.700. The fourth-order valence-electron chi connectivity index (χ4n) is 2.12. The van der Waals surface area contributed by atoms with E-state index < -0.39 is 6.09 Å². The zero-order valence-electron chi connectivity index (χ0n) is 10.8. The molecule has 6 nitrogen and oxygen atoms in total. The molecule has 0 aliphatic carbocycles. The number of nitrogens with zero attached hydrogens (tertiary/aromatic N) is 1. The second kappa shape index (κ2) is 6.57. The first-order chi connectivity index (χ1) is 9.63. The number of hydrogen-bond acceptors (Lipinski definition) is 4. The van der Waals surface area contributed by atoms with E-state index in [0.717, 1.165) is 20.9 Å². The van der Waals surface area contributed by atoms with Gasteiger partial charge in [-0.15, -0.1) is 8.58 Å². The largest absolute Gasteiger partial charge is 0.507 e. The van der Waals surface area contributed by atoms with Gasteiger partial charge in [0.05, 0.1) is 11.6 Å². The summed E-state index contributed by atoms with van der Waals surface area (Å²) in [4.78, 5) is 23.4. The highest BCUT2D eigenvalue weighted by Crippen LogP contribution is 2.27. The number of phenolic OH excluding ortho intramolecular Hbond substituents is 1. The van der Waals surface area contributed by atoms with Crippen LogP contribution in [0.3, 0.4) is 0 Å². The molecule has 2 atom stereocenters. The van der Waals surface area contributed by atoms with Crippen molar-refractivity contribution in [2.75, 3.05) is 25.5 Å². The second-order valence-corrected chi connectivity index (χ2v) is 5.86. The van der Waals surface area contributed by atoms with Crippen LogP contribution in [0.1, 0.15) is 10.4 Å². The quantitative estimate of drug-likeness (QED) is 0.651. The number of aromatic hydroxyl groups is 1. The summed E-state index contributed by atoms with van der Waals surface area (Å²) in [5.41, 5.74) is 0.0904. The van der Waals surface area contributed by atoms with E-state index in [-0.39, 0.29) is 29.7 Å². The van der Waals surface area contributed by atoms with Gasteiger partial charge in [0.1, 0.15) is 18.1 Å². The van der Waals surface area contributed by atoms with Gasteiger partial charge in [-0.2, -0.15) is 0 Å². The fourth-order valence-corrected chi connectivity index (χ4v) is 3.40. The van der Waals surface area contributed by atoms with E-state index in [4.69, 9.17) is 9.84 Å². The van der Waals surface area contributed by atoms with Crippen LogP contribution in [0.25, 0.3) is 0 Å². The molecule has 0 saturated carbocycles. The van der Waals surface area contributed by atoms with Crippen LogP contribution in [0.15, 0.2) is 18.2 Å². The van der Waals surface area contributed by atoms with E-state index >= 15 is 0 Å². The molecule has 2 unspecified atom stereocenters. The smallest absolute Gasteiger partial charge is 0.407 e. The standard InChI is InChI=1S/C13H16NO5P/c15-6-10-11(16)2-1-3-12(10)19-7-9-8-20-5-4-14(9)13(17)18/h1-3,6,9,16,20H,4-5,7-8H2,(H,17,18). The van der Waals surface area contributed by atoms with E-state index in [2.05, 4.69) is 0 Å². The molecule has 1 aliphatic rings. The lowest BCUT2D eigenvalue weighted by atomic mass is 10.2. The molecule has 1 saturated heterocycles. The zero-order valence-corrected chi connectivity index (χ0v) is 11.8. The summed E-state index contributed by atoms with van der Waals surface area (Å²) >= 11 is 0. The van der Waals surface area contributed by atoms with Crippen molar-refractivity contribution >= 4 is 21.0 Å². The summed E-state index contributed by atoms with van der Waals surface area (Å²) < 4.78 is 5.54. The number of benzene rings is 1. The van der Waals surface area contributed by atoms with Crippen LogP contribution in [0.5, 0.6) is 11.5 Å². The molecule has 2 N–H and O–H groups in total. The molecule has 7 heteroatoms. The third-order valence-electron chi connectivity index (χ3n) is 3.19. The van der Waals surface area contributed by atoms with Crippen LogP contribution < -0.4 is 4.74 Å². The maximum atomic E-state index is 11.1. The number of hydrogen-bond donors (Lipinski definition) is 2. The third-order valence-corrected chi connectivity index (χ3v) is 4.53. The molecule has 0 radical (unpaired) electrons. The van der Waals surface area contributed by atoms with Crippen molar-refractivity contribution in [1.29, 1.82) is 0 Å². The van der Waals surface area contributed by atoms with Gasteiger partial charge in [0.2, 0.25) is 0 Å². The highest BCUT2D eigenvalue weighted by molar-refractivity contribution is 7.38. The number of amides is 1. The van der Waals surface area contributed by atoms with Gasteiger partial charge in [0, 0.05) is 6.54 Å². The lowest BCUT2D eigenvalue weighted by Gasteiger charge is -2.33. The Bertz CT molecular complexity index is 508. The van der Waals surface area contributed by atoms with Gasteiger partial charge in [-0.3, -0.25) is 4.79 Å².